The lowest BCUT2D eigenvalue weighted by Gasteiger charge is -2.19. The zero-order valence-electron chi connectivity index (χ0n) is 18.6. The standard InChI is InChI=1S/C27H27N3OS/c1-27(2,3)21-11-13-23(14-12-21)31-24-10-6-9-20(17-24)25-29-30-26(32-25)28-22-15-18-7-4-5-8-19(18)16-22/h4-14,17,22H,15-16H2,1-3H3,(H,28,30). The fourth-order valence-corrected chi connectivity index (χ4v) is 4.90. The summed E-state index contributed by atoms with van der Waals surface area (Å²) >= 11 is 1.58. The van der Waals surface area contributed by atoms with Crippen molar-refractivity contribution in [2.24, 2.45) is 0 Å². The molecule has 5 rings (SSSR count). The second-order valence-corrected chi connectivity index (χ2v) is 10.3. The molecule has 5 heteroatoms. The van der Waals surface area contributed by atoms with Crippen LogP contribution in [0.25, 0.3) is 10.6 Å². The van der Waals surface area contributed by atoms with Crippen LogP contribution in [-0.4, -0.2) is 16.2 Å². The van der Waals surface area contributed by atoms with E-state index in [1.54, 1.807) is 11.3 Å². The summed E-state index contributed by atoms with van der Waals surface area (Å²) < 4.78 is 6.10. The van der Waals surface area contributed by atoms with Gasteiger partial charge in [-0.3, -0.25) is 0 Å². The molecule has 0 unspecified atom stereocenters. The first-order valence-electron chi connectivity index (χ1n) is 11.0. The summed E-state index contributed by atoms with van der Waals surface area (Å²) in [6.45, 7) is 6.63. The Balaban J connectivity index is 1.26. The first kappa shape index (κ1) is 20.7. The predicted octanol–water partition coefficient (Wildman–Crippen LogP) is 6.87. The average molecular weight is 442 g/mol. The fourth-order valence-electron chi connectivity index (χ4n) is 4.09. The molecule has 0 fully saturated rings. The average Bonchev–Trinajstić information content (AvgIpc) is 3.40. The quantitative estimate of drug-likeness (QED) is 0.367. The van der Waals surface area contributed by atoms with Crippen molar-refractivity contribution in [2.45, 2.75) is 45.1 Å². The highest BCUT2D eigenvalue weighted by molar-refractivity contribution is 7.18. The molecule has 4 aromatic rings. The number of benzene rings is 3. The summed E-state index contributed by atoms with van der Waals surface area (Å²) in [4.78, 5) is 0. The molecule has 3 aromatic carbocycles. The van der Waals surface area contributed by atoms with Gasteiger partial charge in [0.2, 0.25) is 5.13 Å². The Morgan fingerprint density at radius 1 is 0.844 bits per heavy atom. The van der Waals surface area contributed by atoms with Crippen LogP contribution in [0, 0.1) is 0 Å². The van der Waals surface area contributed by atoms with Gasteiger partial charge < -0.3 is 10.1 Å². The van der Waals surface area contributed by atoms with Gasteiger partial charge in [0, 0.05) is 11.6 Å². The highest BCUT2D eigenvalue weighted by Gasteiger charge is 2.22. The molecule has 0 amide bonds. The van der Waals surface area contributed by atoms with Crippen molar-refractivity contribution in [2.75, 3.05) is 5.32 Å². The van der Waals surface area contributed by atoms with Gasteiger partial charge in [0.05, 0.1) is 0 Å². The first-order valence-corrected chi connectivity index (χ1v) is 11.8. The molecule has 0 aliphatic heterocycles. The Morgan fingerprint density at radius 3 is 2.25 bits per heavy atom. The SMILES string of the molecule is CC(C)(C)c1ccc(Oc2cccc(-c3nnc(NC4Cc5ccccc5C4)s3)c2)cc1. The van der Waals surface area contributed by atoms with Crippen LogP contribution in [0.1, 0.15) is 37.5 Å². The van der Waals surface area contributed by atoms with Gasteiger partial charge in [-0.25, -0.2) is 0 Å². The third-order valence-corrected chi connectivity index (χ3v) is 6.74. The third-order valence-electron chi connectivity index (χ3n) is 5.84. The zero-order chi connectivity index (χ0) is 22.1. The number of ether oxygens (including phenoxy) is 1. The van der Waals surface area contributed by atoms with Gasteiger partial charge >= 0.3 is 0 Å². The van der Waals surface area contributed by atoms with Gasteiger partial charge in [0.15, 0.2) is 0 Å². The Labute approximate surface area is 193 Å². The molecule has 1 aliphatic carbocycles. The Kier molecular flexibility index (Phi) is 5.43. The second kappa shape index (κ2) is 8.40. The van der Waals surface area contributed by atoms with Crippen molar-refractivity contribution in [1.82, 2.24) is 10.2 Å². The molecule has 0 atom stereocenters. The Bertz CT molecular complexity index is 1200. The molecule has 1 aromatic heterocycles. The van der Waals surface area contributed by atoms with Crippen LogP contribution in [0.4, 0.5) is 5.13 Å². The van der Waals surface area contributed by atoms with E-state index in [0.717, 1.165) is 40.0 Å². The van der Waals surface area contributed by atoms with Crippen molar-refractivity contribution < 1.29 is 4.74 Å². The number of rotatable bonds is 5. The summed E-state index contributed by atoms with van der Waals surface area (Å²) in [6.07, 6.45) is 2.06. The van der Waals surface area contributed by atoms with E-state index >= 15 is 0 Å². The molecule has 162 valence electrons. The van der Waals surface area contributed by atoms with E-state index in [9.17, 15) is 0 Å². The van der Waals surface area contributed by atoms with Gasteiger partial charge in [-0.15, -0.1) is 10.2 Å². The van der Waals surface area contributed by atoms with Gasteiger partial charge in [0.25, 0.3) is 0 Å². The van der Waals surface area contributed by atoms with E-state index in [0.29, 0.717) is 6.04 Å². The summed E-state index contributed by atoms with van der Waals surface area (Å²) in [6, 6.07) is 25.4. The summed E-state index contributed by atoms with van der Waals surface area (Å²) in [7, 11) is 0. The fraction of sp³-hybridized carbons (Fsp3) is 0.259. The van der Waals surface area contributed by atoms with Gasteiger partial charge in [0.1, 0.15) is 16.5 Å². The molecule has 1 heterocycles. The molecule has 1 aliphatic rings. The molecule has 4 nitrogen and oxygen atoms in total. The first-order chi connectivity index (χ1) is 15.4. The molecule has 0 saturated heterocycles. The molecule has 0 radical (unpaired) electrons. The van der Waals surface area contributed by atoms with Crippen LogP contribution in [0.15, 0.2) is 72.8 Å². The Hall–Kier alpha value is -3.18. The summed E-state index contributed by atoms with van der Waals surface area (Å²) in [5.74, 6) is 1.62. The molecular weight excluding hydrogens is 414 g/mol. The number of hydrogen-bond acceptors (Lipinski definition) is 5. The lowest BCUT2D eigenvalue weighted by molar-refractivity contribution is 0.481. The van der Waals surface area contributed by atoms with Gasteiger partial charge in [-0.1, -0.05) is 80.6 Å². The van der Waals surface area contributed by atoms with Crippen molar-refractivity contribution in [3.05, 3.63) is 89.5 Å². The number of fused-ring (bicyclic) bond motifs is 1. The summed E-state index contributed by atoms with van der Waals surface area (Å²) in [5.41, 5.74) is 5.28. The highest BCUT2D eigenvalue weighted by atomic mass is 32.1. The van der Waals surface area contributed by atoms with Crippen LogP contribution in [0.3, 0.4) is 0 Å². The van der Waals surface area contributed by atoms with Crippen molar-refractivity contribution in [3.8, 4) is 22.1 Å². The number of nitrogens with zero attached hydrogens (tertiary/aromatic N) is 2. The molecule has 1 N–H and O–H groups in total. The predicted molar refractivity (Wildman–Crippen MR) is 132 cm³/mol. The number of nitrogens with one attached hydrogen (secondary N) is 1. The monoisotopic (exact) mass is 441 g/mol. The topological polar surface area (TPSA) is 47.0 Å². The zero-order valence-corrected chi connectivity index (χ0v) is 19.4. The van der Waals surface area contributed by atoms with Crippen LogP contribution in [0.5, 0.6) is 11.5 Å². The van der Waals surface area contributed by atoms with Crippen molar-refractivity contribution in [1.29, 1.82) is 0 Å². The third kappa shape index (κ3) is 4.53. The molecular formula is C27H27N3OS. The minimum absolute atomic E-state index is 0.128. The maximum atomic E-state index is 6.10. The van der Waals surface area contributed by atoms with Crippen molar-refractivity contribution >= 4 is 16.5 Å². The normalized spacial score (nSPS) is 13.7. The van der Waals surface area contributed by atoms with Crippen LogP contribution in [-0.2, 0) is 18.3 Å². The number of aromatic nitrogens is 2. The van der Waals surface area contributed by atoms with E-state index in [4.69, 9.17) is 4.74 Å². The highest BCUT2D eigenvalue weighted by Crippen LogP contribution is 2.33. The van der Waals surface area contributed by atoms with Crippen LogP contribution in [0.2, 0.25) is 0 Å². The second-order valence-electron chi connectivity index (χ2n) is 9.33. The lowest BCUT2D eigenvalue weighted by atomic mass is 9.87. The molecule has 0 spiro atoms. The minimum atomic E-state index is 0.128. The van der Waals surface area contributed by atoms with E-state index in [1.807, 2.05) is 36.4 Å². The lowest BCUT2D eigenvalue weighted by Crippen LogP contribution is -2.19. The van der Waals surface area contributed by atoms with E-state index in [-0.39, 0.29) is 5.41 Å². The molecule has 32 heavy (non-hydrogen) atoms. The largest absolute Gasteiger partial charge is 0.457 e. The molecule has 0 saturated carbocycles. The van der Waals surface area contributed by atoms with Crippen molar-refractivity contribution in [3.63, 3.8) is 0 Å². The van der Waals surface area contributed by atoms with E-state index in [1.165, 1.54) is 16.7 Å². The maximum absolute atomic E-state index is 6.10. The Morgan fingerprint density at radius 2 is 1.56 bits per heavy atom. The minimum Gasteiger partial charge on any atom is -0.457 e. The van der Waals surface area contributed by atoms with E-state index in [2.05, 4.69) is 72.7 Å². The van der Waals surface area contributed by atoms with Gasteiger partial charge in [-0.05, 0) is 59.2 Å². The maximum Gasteiger partial charge on any atom is 0.206 e. The number of anilines is 1. The van der Waals surface area contributed by atoms with E-state index < -0.39 is 0 Å². The van der Waals surface area contributed by atoms with Gasteiger partial charge in [-0.2, -0.15) is 0 Å². The smallest absolute Gasteiger partial charge is 0.206 e. The van der Waals surface area contributed by atoms with Crippen LogP contribution < -0.4 is 10.1 Å². The summed E-state index contributed by atoms with van der Waals surface area (Å²) in [5, 5.41) is 14.1. The van der Waals surface area contributed by atoms with Crippen LogP contribution >= 0.6 is 11.3 Å². The molecule has 0 bridgehead atoms. The number of hydrogen-bond donors (Lipinski definition) is 1.